The van der Waals surface area contributed by atoms with E-state index in [0.717, 1.165) is 11.6 Å². The summed E-state index contributed by atoms with van der Waals surface area (Å²) < 4.78 is 55.3. The first-order valence-electron chi connectivity index (χ1n) is 9.60. The van der Waals surface area contributed by atoms with Gasteiger partial charge in [-0.05, 0) is 57.4 Å². The minimum atomic E-state index is -3.84. The van der Waals surface area contributed by atoms with E-state index in [0.29, 0.717) is 18.5 Å². The van der Waals surface area contributed by atoms with Gasteiger partial charge in [-0.3, -0.25) is 4.79 Å². The fourth-order valence-electron chi connectivity index (χ4n) is 4.24. The fourth-order valence-corrected chi connectivity index (χ4v) is 5.89. The average Bonchev–Trinajstić information content (AvgIpc) is 3.30. The summed E-state index contributed by atoms with van der Waals surface area (Å²) in [6.45, 7) is 3.87. The summed E-state index contributed by atoms with van der Waals surface area (Å²) >= 11 is 0. The molecule has 5 nitrogen and oxygen atoms in total. The molecule has 0 unspecified atom stereocenters. The lowest BCUT2D eigenvalue weighted by Gasteiger charge is -2.30. The van der Waals surface area contributed by atoms with Gasteiger partial charge in [0.15, 0.2) is 11.6 Å². The van der Waals surface area contributed by atoms with Gasteiger partial charge < -0.3 is 4.90 Å². The molecule has 0 radical (unpaired) electrons. The molecule has 0 N–H and O–H groups in total. The van der Waals surface area contributed by atoms with Crippen LogP contribution in [0.5, 0.6) is 0 Å². The zero-order chi connectivity index (χ0) is 20.9. The molecule has 1 amide bonds. The smallest absolute Gasteiger partial charge is 0.245 e. The lowest BCUT2D eigenvalue weighted by molar-refractivity contribution is -0.121. The van der Waals surface area contributed by atoms with Crippen LogP contribution in [0.2, 0.25) is 0 Å². The van der Waals surface area contributed by atoms with Crippen molar-refractivity contribution in [1.29, 1.82) is 0 Å². The quantitative estimate of drug-likeness (QED) is 0.765. The Bertz CT molecular complexity index is 1070. The summed E-state index contributed by atoms with van der Waals surface area (Å²) in [5, 5.41) is 0. The second kappa shape index (κ2) is 7.18. The lowest BCUT2D eigenvalue weighted by Crippen LogP contribution is -2.49. The van der Waals surface area contributed by atoms with E-state index in [-0.39, 0.29) is 29.5 Å². The second-order valence-corrected chi connectivity index (χ2v) is 9.60. The van der Waals surface area contributed by atoms with Crippen LogP contribution in [0.25, 0.3) is 0 Å². The van der Waals surface area contributed by atoms with Gasteiger partial charge in [0.25, 0.3) is 0 Å². The molecule has 2 aromatic carbocycles. The molecule has 2 aliphatic heterocycles. The number of carbonyl (C=O) groups excluding carboxylic acids is 1. The highest BCUT2D eigenvalue weighted by molar-refractivity contribution is 7.89. The number of fused-ring (bicyclic) bond motifs is 1. The van der Waals surface area contributed by atoms with Crippen molar-refractivity contribution < 1.29 is 22.0 Å². The number of benzene rings is 2. The predicted octanol–water partition coefficient (Wildman–Crippen LogP) is 3.40. The third kappa shape index (κ3) is 3.24. The van der Waals surface area contributed by atoms with Crippen molar-refractivity contribution in [3.05, 3.63) is 59.2 Å². The minimum absolute atomic E-state index is 0.144. The molecule has 1 fully saturated rings. The maximum Gasteiger partial charge on any atom is 0.245 e. The number of aryl methyl sites for hydroxylation is 1. The third-order valence-corrected chi connectivity index (χ3v) is 7.65. The molecule has 2 aromatic rings. The van der Waals surface area contributed by atoms with E-state index in [1.165, 1.54) is 27.4 Å². The van der Waals surface area contributed by atoms with Crippen LogP contribution in [0.1, 0.15) is 30.9 Å². The van der Waals surface area contributed by atoms with E-state index >= 15 is 0 Å². The van der Waals surface area contributed by atoms with Crippen LogP contribution < -0.4 is 4.90 Å². The maximum atomic E-state index is 14.2. The Morgan fingerprint density at radius 1 is 1.10 bits per heavy atom. The van der Waals surface area contributed by atoms with Crippen LogP contribution >= 0.6 is 0 Å². The molecule has 0 bridgehead atoms. The highest BCUT2D eigenvalue weighted by Gasteiger charge is 2.44. The molecule has 1 saturated heterocycles. The number of rotatable bonds is 3. The number of hydrogen-bond acceptors (Lipinski definition) is 3. The zero-order valence-electron chi connectivity index (χ0n) is 16.2. The maximum absolute atomic E-state index is 14.2. The Kier molecular flexibility index (Phi) is 4.94. The summed E-state index contributed by atoms with van der Waals surface area (Å²) in [5.74, 6) is -2.29. The highest BCUT2D eigenvalue weighted by atomic mass is 32.2. The third-order valence-electron chi connectivity index (χ3n) is 5.72. The molecule has 154 valence electrons. The molecular formula is C21H22F2N2O3S. The number of nitrogens with zero attached hydrogens (tertiary/aromatic N) is 2. The van der Waals surface area contributed by atoms with Crippen LogP contribution in [0, 0.1) is 18.6 Å². The molecular weight excluding hydrogens is 398 g/mol. The number of amides is 1. The average molecular weight is 420 g/mol. The molecule has 0 spiro atoms. The predicted molar refractivity (Wildman–Crippen MR) is 105 cm³/mol. The minimum Gasteiger partial charge on any atom is -0.308 e. The summed E-state index contributed by atoms with van der Waals surface area (Å²) in [6, 6.07) is 7.67. The number of carbonyl (C=O) groups is 1. The van der Waals surface area contributed by atoms with E-state index in [2.05, 4.69) is 0 Å². The van der Waals surface area contributed by atoms with Gasteiger partial charge in [0.2, 0.25) is 15.9 Å². The Balaban J connectivity index is 1.67. The number of anilines is 1. The molecule has 2 aliphatic rings. The summed E-state index contributed by atoms with van der Waals surface area (Å²) in [5.41, 5.74) is 1.42. The van der Waals surface area contributed by atoms with Crippen molar-refractivity contribution in [2.45, 2.75) is 50.1 Å². The van der Waals surface area contributed by atoms with Gasteiger partial charge in [0.1, 0.15) is 6.04 Å². The van der Waals surface area contributed by atoms with Crippen LogP contribution in [-0.4, -0.2) is 37.3 Å². The summed E-state index contributed by atoms with van der Waals surface area (Å²) in [7, 11) is -3.84. The number of hydrogen-bond donors (Lipinski definition) is 0. The molecule has 4 rings (SSSR count). The largest absolute Gasteiger partial charge is 0.308 e. The topological polar surface area (TPSA) is 57.7 Å². The second-order valence-electron chi connectivity index (χ2n) is 7.71. The van der Waals surface area contributed by atoms with Crippen molar-refractivity contribution in [2.75, 3.05) is 11.4 Å². The molecule has 29 heavy (non-hydrogen) atoms. The van der Waals surface area contributed by atoms with Gasteiger partial charge >= 0.3 is 0 Å². The van der Waals surface area contributed by atoms with E-state index in [1.54, 1.807) is 19.1 Å². The SMILES string of the molecule is Cc1ccc(S(=O)(=O)N2CCC[C@H]2C(=O)N2c3ccc(F)c(F)c3C[C@@H]2C)cc1. The van der Waals surface area contributed by atoms with Crippen molar-refractivity contribution in [3.63, 3.8) is 0 Å². The van der Waals surface area contributed by atoms with Crippen LogP contribution in [-0.2, 0) is 21.2 Å². The van der Waals surface area contributed by atoms with Gasteiger partial charge in [0, 0.05) is 18.2 Å². The van der Waals surface area contributed by atoms with Gasteiger partial charge in [-0.1, -0.05) is 17.7 Å². The Morgan fingerprint density at radius 3 is 2.48 bits per heavy atom. The standard InChI is InChI=1S/C21H22F2N2O3S/c1-13-5-7-15(8-6-13)29(27,28)24-11-3-4-19(24)21(26)25-14(2)12-16-18(25)10-9-17(22)20(16)23/h5-10,14,19H,3-4,11-12H2,1-2H3/t14-,19-/m0/s1. The Hall–Kier alpha value is -2.32. The first-order valence-corrected chi connectivity index (χ1v) is 11.0. The molecule has 2 atom stereocenters. The Labute approximate surface area is 169 Å². The molecule has 2 heterocycles. The molecule has 0 aromatic heterocycles. The van der Waals surface area contributed by atoms with Crippen molar-refractivity contribution in [3.8, 4) is 0 Å². The number of halogens is 2. The van der Waals surface area contributed by atoms with Gasteiger partial charge in [-0.25, -0.2) is 17.2 Å². The van der Waals surface area contributed by atoms with Crippen LogP contribution in [0.3, 0.4) is 0 Å². The van der Waals surface area contributed by atoms with E-state index in [1.807, 2.05) is 6.92 Å². The lowest BCUT2D eigenvalue weighted by atomic mass is 10.1. The summed E-state index contributed by atoms with van der Waals surface area (Å²) in [4.78, 5) is 14.9. The van der Waals surface area contributed by atoms with Gasteiger partial charge in [-0.15, -0.1) is 0 Å². The van der Waals surface area contributed by atoms with Gasteiger partial charge in [-0.2, -0.15) is 4.31 Å². The molecule has 0 saturated carbocycles. The van der Waals surface area contributed by atoms with E-state index in [4.69, 9.17) is 0 Å². The van der Waals surface area contributed by atoms with E-state index in [9.17, 15) is 22.0 Å². The van der Waals surface area contributed by atoms with Crippen molar-refractivity contribution >= 4 is 21.6 Å². The van der Waals surface area contributed by atoms with Gasteiger partial charge in [0.05, 0.1) is 10.6 Å². The normalized spacial score (nSPS) is 22.1. The van der Waals surface area contributed by atoms with Crippen molar-refractivity contribution in [1.82, 2.24) is 4.31 Å². The highest BCUT2D eigenvalue weighted by Crippen LogP contribution is 2.37. The van der Waals surface area contributed by atoms with Crippen molar-refractivity contribution in [2.24, 2.45) is 0 Å². The van der Waals surface area contributed by atoms with Crippen LogP contribution in [0.4, 0.5) is 14.5 Å². The van der Waals surface area contributed by atoms with E-state index < -0.39 is 33.6 Å². The Morgan fingerprint density at radius 2 is 1.79 bits per heavy atom. The molecule has 0 aliphatic carbocycles. The number of sulfonamides is 1. The summed E-state index contributed by atoms with van der Waals surface area (Å²) in [6.07, 6.45) is 1.16. The zero-order valence-corrected chi connectivity index (χ0v) is 17.0. The fraction of sp³-hybridized carbons (Fsp3) is 0.381. The monoisotopic (exact) mass is 420 g/mol. The first-order chi connectivity index (χ1) is 13.7. The van der Waals surface area contributed by atoms with Crippen LogP contribution in [0.15, 0.2) is 41.3 Å². The molecule has 8 heteroatoms. The first kappa shape index (κ1) is 20.0.